The number of hydrogen-bond donors (Lipinski definition) is 0. The highest BCUT2D eigenvalue weighted by Crippen LogP contribution is 2.19. The SMILES string of the molecule is Cc1ccc(=O)n(CC2CN(Cc3cnsc3)C2)n1. The van der Waals surface area contributed by atoms with Crippen molar-refractivity contribution in [2.45, 2.75) is 20.0 Å². The van der Waals surface area contributed by atoms with Crippen LogP contribution in [0, 0.1) is 12.8 Å². The molecular formula is C13H16N4OS. The minimum atomic E-state index is -0.00826. The van der Waals surface area contributed by atoms with Gasteiger partial charge >= 0.3 is 0 Å². The van der Waals surface area contributed by atoms with Crippen molar-refractivity contribution in [3.63, 3.8) is 0 Å². The van der Waals surface area contributed by atoms with Crippen LogP contribution >= 0.6 is 11.5 Å². The highest BCUT2D eigenvalue weighted by atomic mass is 32.1. The Bertz CT molecular complexity index is 601. The van der Waals surface area contributed by atoms with Gasteiger partial charge in [0.2, 0.25) is 0 Å². The molecule has 1 saturated heterocycles. The molecular weight excluding hydrogens is 260 g/mol. The van der Waals surface area contributed by atoms with Crippen LogP contribution in [0.5, 0.6) is 0 Å². The third-order valence-corrected chi connectivity index (χ3v) is 3.99. The summed E-state index contributed by atoms with van der Waals surface area (Å²) < 4.78 is 5.69. The van der Waals surface area contributed by atoms with E-state index in [0.717, 1.165) is 31.9 Å². The van der Waals surface area contributed by atoms with Crippen LogP contribution in [0.3, 0.4) is 0 Å². The standard InChI is InChI=1S/C13H16N4OS/c1-10-2-3-13(18)17(15-10)8-12-6-16(7-12)5-11-4-14-19-9-11/h2-4,9,12H,5-8H2,1H3. The molecule has 0 atom stereocenters. The average molecular weight is 276 g/mol. The van der Waals surface area contributed by atoms with E-state index < -0.39 is 0 Å². The number of nitrogens with zero attached hydrogens (tertiary/aromatic N) is 4. The Balaban J connectivity index is 1.54. The number of rotatable bonds is 4. The topological polar surface area (TPSA) is 51.0 Å². The lowest BCUT2D eigenvalue weighted by atomic mass is 10.00. The van der Waals surface area contributed by atoms with Gasteiger partial charge in [-0.25, -0.2) is 9.06 Å². The van der Waals surface area contributed by atoms with E-state index >= 15 is 0 Å². The summed E-state index contributed by atoms with van der Waals surface area (Å²) in [4.78, 5) is 14.0. The Morgan fingerprint density at radius 3 is 3.00 bits per heavy atom. The largest absolute Gasteiger partial charge is 0.298 e. The van der Waals surface area contributed by atoms with Crippen LogP contribution in [0.15, 0.2) is 28.5 Å². The maximum atomic E-state index is 11.7. The van der Waals surface area contributed by atoms with Gasteiger partial charge in [0.1, 0.15) is 0 Å². The van der Waals surface area contributed by atoms with Crippen molar-refractivity contribution in [1.82, 2.24) is 19.1 Å². The summed E-state index contributed by atoms with van der Waals surface area (Å²) in [6, 6.07) is 3.35. The summed E-state index contributed by atoms with van der Waals surface area (Å²) in [6.45, 7) is 5.64. The third kappa shape index (κ3) is 2.90. The number of aryl methyl sites for hydroxylation is 1. The van der Waals surface area contributed by atoms with E-state index in [1.165, 1.54) is 17.1 Å². The highest BCUT2D eigenvalue weighted by Gasteiger charge is 2.27. The Hall–Kier alpha value is -1.53. The van der Waals surface area contributed by atoms with E-state index in [9.17, 15) is 4.79 Å². The molecule has 0 aliphatic carbocycles. The summed E-state index contributed by atoms with van der Waals surface area (Å²) in [6.07, 6.45) is 1.92. The van der Waals surface area contributed by atoms with Crippen LogP contribution < -0.4 is 5.56 Å². The molecule has 0 amide bonds. The molecule has 1 aliphatic rings. The molecule has 0 radical (unpaired) electrons. The van der Waals surface area contributed by atoms with E-state index in [2.05, 4.69) is 19.8 Å². The van der Waals surface area contributed by atoms with Gasteiger partial charge in [0.25, 0.3) is 5.56 Å². The second kappa shape index (κ2) is 5.22. The van der Waals surface area contributed by atoms with E-state index in [1.54, 1.807) is 16.8 Å². The van der Waals surface area contributed by atoms with Gasteiger partial charge in [-0.3, -0.25) is 9.69 Å². The quantitative estimate of drug-likeness (QED) is 0.840. The Morgan fingerprint density at radius 1 is 1.42 bits per heavy atom. The van der Waals surface area contributed by atoms with Gasteiger partial charge in [-0.05, 0) is 30.1 Å². The van der Waals surface area contributed by atoms with Crippen molar-refractivity contribution < 1.29 is 0 Å². The molecule has 0 saturated carbocycles. The molecule has 19 heavy (non-hydrogen) atoms. The molecule has 3 rings (SSSR count). The fourth-order valence-electron chi connectivity index (χ4n) is 2.41. The van der Waals surface area contributed by atoms with Crippen LogP contribution in [0.2, 0.25) is 0 Å². The lowest BCUT2D eigenvalue weighted by molar-refractivity contribution is 0.0766. The fraction of sp³-hybridized carbons (Fsp3) is 0.462. The molecule has 3 heterocycles. The van der Waals surface area contributed by atoms with Crippen molar-refractivity contribution in [3.8, 4) is 0 Å². The molecule has 5 nitrogen and oxygen atoms in total. The molecule has 0 N–H and O–H groups in total. The summed E-state index contributed by atoms with van der Waals surface area (Å²) >= 11 is 1.49. The Kier molecular flexibility index (Phi) is 3.44. The molecule has 1 aliphatic heterocycles. The van der Waals surface area contributed by atoms with Crippen LogP contribution in [-0.4, -0.2) is 32.1 Å². The normalized spacial score (nSPS) is 16.5. The van der Waals surface area contributed by atoms with Gasteiger partial charge in [-0.1, -0.05) is 0 Å². The monoisotopic (exact) mass is 276 g/mol. The zero-order chi connectivity index (χ0) is 13.2. The predicted molar refractivity (Wildman–Crippen MR) is 74.1 cm³/mol. The zero-order valence-corrected chi connectivity index (χ0v) is 11.6. The molecule has 0 unspecified atom stereocenters. The summed E-state index contributed by atoms with van der Waals surface area (Å²) in [5.41, 5.74) is 2.15. The smallest absolute Gasteiger partial charge is 0.266 e. The molecule has 0 bridgehead atoms. The summed E-state index contributed by atoms with van der Waals surface area (Å²) in [7, 11) is 0. The highest BCUT2D eigenvalue weighted by molar-refractivity contribution is 7.03. The van der Waals surface area contributed by atoms with E-state index in [0.29, 0.717) is 5.92 Å². The Labute approximate surface area is 115 Å². The first-order valence-electron chi connectivity index (χ1n) is 6.36. The second-order valence-electron chi connectivity index (χ2n) is 5.09. The van der Waals surface area contributed by atoms with E-state index in [1.807, 2.05) is 13.1 Å². The second-order valence-corrected chi connectivity index (χ2v) is 5.75. The van der Waals surface area contributed by atoms with Gasteiger partial charge in [-0.15, -0.1) is 0 Å². The van der Waals surface area contributed by atoms with Crippen LogP contribution in [-0.2, 0) is 13.1 Å². The van der Waals surface area contributed by atoms with Crippen molar-refractivity contribution >= 4 is 11.5 Å². The number of hydrogen-bond acceptors (Lipinski definition) is 5. The fourth-order valence-corrected chi connectivity index (χ4v) is 2.94. The minimum absolute atomic E-state index is 0.00826. The molecule has 1 fully saturated rings. The van der Waals surface area contributed by atoms with Crippen LogP contribution in [0.4, 0.5) is 0 Å². The maximum Gasteiger partial charge on any atom is 0.266 e. The van der Waals surface area contributed by atoms with Gasteiger partial charge < -0.3 is 0 Å². The van der Waals surface area contributed by atoms with Crippen molar-refractivity contribution in [2.75, 3.05) is 13.1 Å². The van der Waals surface area contributed by atoms with Gasteiger partial charge in [0.15, 0.2) is 0 Å². The number of aromatic nitrogens is 3. The van der Waals surface area contributed by atoms with Crippen molar-refractivity contribution in [2.24, 2.45) is 5.92 Å². The average Bonchev–Trinajstić information content (AvgIpc) is 2.83. The van der Waals surface area contributed by atoms with Crippen LogP contribution in [0.25, 0.3) is 0 Å². The van der Waals surface area contributed by atoms with E-state index in [4.69, 9.17) is 0 Å². The molecule has 0 spiro atoms. The molecule has 6 heteroatoms. The predicted octanol–water partition coefficient (Wildman–Crippen LogP) is 1.14. The maximum absolute atomic E-state index is 11.7. The van der Waals surface area contributed by atoms with Gasteiger partial charge in [-0.2, -0.15) is 5.10 Å². The first kappa shape index (κ1) is 12.5. The molecule has 2 aromatic rings. The first-order valence-corrected chi connectivity index (χ1v) is 7.20. The molecule has 0 aromatic carbocycles. The molecule has 2 aromatic heterocycles. The van der Waals surface area contributed by atoms with Crippen molar-refractivity contribution in [3.05, 3.63) is 45.3 Å². The number of likely N-dealkylation sites (tertiary alicyclic amines) is 1. The summed E-state index contributed by atoms with van der Waals surface area (Å²) in [5, 5.41) is 6.36. The van der Waals surface area contributed by atoms with Crippen LogP contribution in [0.1, 0.15) is 11.3 Å². The van der Waals surface area contributed by atoms with Gasteiger partial charge in [0, 0.05) is 43.2 Å². The minimum Gasteiger partial charge on any atom is -0.298 e. The first-order chi connectivity index (χ1) is 9.20. The zero-order valence-electron chi connectivity index (χ0n) is 10.8. The van der Waals surface area contributed by atoms with E-state index in [-0.39, 0.29) is 5.56 Å². The summed E-state index contributed by atoms with van der Waals surface area (Å²) in [5.74, 6) is 0.526. The third-order valence-electron chi connectivity index (χ3n) is 3.35. The Morgan fingerprint density at radius 2 is 2.26 bits per heavy atom. The van der Waals surface area contributed by atoms with Crippen molar-refractivity contribution in [1.29, 1.82) is 0 Å². The lowest BCUT2D eigenvalue weighted by Gasteiger charge is -2.39. The molecule has 100 valence electrons. The van der Waals surface area contributed by atoms with Gasteiger partial charge in [0.05, 0.1) is 12.2 Å². The lowest BCUT2D eigenvalue weighted by Crippen LogP contribution is -2.48.